The van der Waals surface area contributed by atoms with Crippen LogP contribution in [0.1, 0.15) is 24.8 Å². The van der Waals surface area contributed by atoms with Gasteiger partial charge in [-0.2, -0.15) is 0 Å². The van der Waals surface area contributed by atoms with E-state index in [4.69, 9.17) is 4.74 Å². The van der Waals surface area contributed by atoms with E-state index in [1.165, 1.54) is 5.56 Å². The summed E-state index contributed by atoms with van der Waals surface area (Å²) in [6, 6.07) is 6.03. The Hall–Kier alpha value is -0.540. The van der Waals surface area contributed by atoms with Gasteiger partial charge in [0.05, 0.1) is 12.7 Å². The molecule has 0 amide bonds. The normalized spacial score (nSPS) is 21.5. The van der Waals surface area contributed by atoms with Gasteiger partial charge in [0.1, 0.15) is 5.75 Å². The third-order valence-corrected chi connectivity index (χ3v) is 2.97. The second-order valence-corrected chi connectivity index (χ2v) is 4.69. The van der Waals surface area contributed by atoms with Crippen LogP contribution in [0, 0.1) is 0 Å². The second-order valence-electron chi connectivity index (χ2n) is 3.77. The first kappa shape index (κ1) is 9.99. The topological polar surface area (TPSA) is 29.5 Å². The van der Waals surface area contributed by atoms with E-state index in [9.17, 15) is 5.11 Å². The van der Waals surface area contributed by atoms with Crippen molar-refractivity contribution in [3.63, 3.8) is 0 Å². The fourth-order valence-electron chi connectivity index (χ4n) is 1.86. The van der Waals surface area contributed by atoms with Crippen LogP contribution in [-0.2, 0) is 0 Å². The van der Waals surface area contributed by atoms with Crippen molar-refractivity contribution in [2.45, 2.75) is 25.4 Å². The van der Waals surface area contributed by atoms with Crippen molar-refractivity contribution in [2.75, 3.05) is 6.61 Å². The molecule has 1 aliphatic rings. The SMILES string of the molecule is CC(O)CC1COc2ccc(Br)cc21. The number of ether oxygens (including phenoxy) is 1. The number of fused-ring (bicyclic) bond motifs is 1. The van der Waals surface area contributed by atoms with Gasteiger partial charge in [-0.15, -0.1) is 0 Å². The molecule has 76 valence electrons. The number of benzene rings is 1. The highest BCUT2D eigenvalue weighted by Gasteiger charge is 2.25. The summed E-state index contributed by atoms with van der Waals surface area (Å²) in [6.45, 7) is 2.51. The number of rotatable bonds is 2. The van der Waals surface area contributed by atoms with Crippen molar-refractivity contribution in [3.05, 3.63) is 28.2 Å². The molecule has 0 radical (unpaired) electrons. The third-order valence-electron chi connectivity index (χ3n) is 2.48. The smallest absolute Gasteiger partial charge is 0.123 e. The van der Waals surface area contributed by atoms with E-state index in [1.807, 2.05) is 19.1 Å². The first-order chi connectivity index (χ1) is 6.66. The van der Waals surface area contributed by atoms with Gasteiger partial charge in [-0.25, -0.2) is 0 Å². The Labute approximate surface area is 92.0 Å². The molecule has 1 aromatic rings. The Balaban J connectivity index is 2.24. The largest absolute Gasteiger partial charge is 0.493 e. The standard InChI is InChI=1S/C11H13BrO2/c1-7(13)4-8-6-14-11-3-2-9(12)5-10(8)11/h2-3,5,7-8,13H,4,6H2,1H3. The monoisotopic (exact) mass is 256 g/mol. The lowest BCUT2D eigenvalue weighted by Gasteiger charge is -2.10. The van der Waals surface area contributed by atoms with Crippen LogP contribution in [-0.4, -0.2) is 17.8 Å². The molecule has 2 atom stereocenters. The van der Waals surface area contributed by atoms with Gasteiger partial charge in [-0.05, 0) is 31.5 Å². The summed E-state index contributed by atoms with van der Waals surface area (Å²) in [7, 11) is 0. The lowest BCUT2D eigenvalue weighted by Crippen LogP contribution is -2.09. The molecule has 0 spiro atoms. The van der Waals surface area contributed by atoms with Crippen molar-refractivity contribution in [3.8, 4) is 5.75 Å². The molecule has 2 rings (SSSR count). The summed E-state index contributed by atoms with van der Waals surface area (Å²) in [4.78, 5) is 0. The van der Waals surface area contributed by atoms with Crippen molar-refractivity contribution in [1.29, 1.82) is 0 Å². The van der Waals surface area contributed by atoms with Crippen LogP contribution in [0.4, 0.5) is 0 Å². The summed E-state index contributed by atoms with van der Waals surface area (Å²) in [6.07, 6.45) is 0.497. The van der Waals surface area contributed by atoms with Crippen molar-refractivity contribution in [1.82, 2.24) is 0 Å². The molecule has 1 aromatic carbocycles. The molecule has 0 aromatic heterocycles. The van der Waals surface area contributed by atoms with E-state index >= 15 is 0 Å². The van der Waals surface area contributed by atoms with Crippen molar-refractivity contribution in [2.24, 2.45) is 0 Å². The molecule has 2 nitrogen and oxygen atoms in total. The van der Waals surface area contributed by atoms with Crippen LogP contribution in [0.5, 0.6) is 5.75 Å². The fourth-order valence-corrected chi connectivity index (χ4v) is 2.24. The summed E-state index contributed by atoms with van der Waals surface area (Å²) in [5.74, 6) is 1.29. The van der Waals surface area contributed by atoms with Gasteiger partial charge in [0.15, 0.2) is 0 Å². The molecular weight excluding hydrogens is 244 g/mol. The lowest BCUT2D eigenvalue weighted by atomic mass is 9.96. The Bertz CT molecular complexity index is 336. The molecule has 3 heteroatoms. The highest BCUT2D eigenvalue weighted by atomic mass is 79.9. The van der Waals surface area contributed by atoms with E-state index < -0.39 is 0 Å². The van der Waals surface area contributed by atoms with E-state index in [0.717, 1.165) is 16.6 Å². The van der Waals surface area contributed by atoms with Gasteiger partial charge in [-0.3, -0.25) is 0 Å². The maximum atomic E-state index is 9.34. The maximum absolute atomic E-state index is 9.34. The highest BCUT2D eigenvalue weighted by Crippen LogP contribution is 2.37. The minimum Gasteiger partial charge on any atom is -0.493 e. The van der Waals surface area contributed by atoms with Crippen LogP contribution in [0.25, 0.3) is 0 Å². The lowest BCUT2D eigenvalue weighted by molar-refractivity contribution is 0.167. The number of aliphatic hydroxyl groups excluding tert-OH is 1. The first-order valence-corrected chi connectivity index (χ1v) is 5.56. The minimum absolute atomic E-state index is 0.270. The average Bonchev–Trinajstić information content (AvgIpc) is 2.47. The van der Waals surface area contributed by atoms with Gasteiger partial charge >= 0.3 is 0 Å². The maximum Gasteiger partial charge on any atom is 0.123 e. The van der Waals surface area contributed by atoms with Gasteiger partial charge in [0, 0.05) is 16.0 Å². The van der Waals surface area contributed by atoms with Crippen molar-refractivity contribution >= 4 is 15.9 Å². The second kappa shape index (κ2) is 3.91. The predicted molar refractivity (Wildman–Crippen MR) is 58.7 cm³/mol. The number of hydrogen-bond donors (Lipinski definition) is 1. The fraction of sp³-hybridized carbons (Fsp3) is 0.455. The summed E-state index contributed by atoms with van der Waals surface area (Å²) in [5.41, 5.74) is 1.21. The molecular formula is C11H13BrO2. The molecule has 1 aliphatic heterocycles. The van der Waals surface area contributed by atoms with Crippen LogP contribution in [0.2, 0.25) is 0 Å². The van der Waals surface area contributed by atoms with E-state index in [2.05, 4.69) is 22.0 Å². The van der Waals surface area contributed by atoms with Crippen LogP contribution in [0.15, 0.2) is 22.7 Å². The Kier molecular flexibility index (Phi) is 2.79. The summed E-state index contributed by atoms with van der Waals surface area (Å²) >= 11 is 3.44. The zero-order valence-electron chi connectivity index (χ0n) is 8.03. The van der Waals surface area contributed by atoms with Crippen LogP contribution >= 0.6 is 15.9 Å². The van der Waals surface area contributed by atoms with Gasteiger partial charge < -0.3 is 9.84 Å². The number of aliphatic hydroxyl groups is 1. The first-order valence-electron chi connectivity index (χ1n) is 4.77. The van der Waals surface area contributed by atoms with E-state index in [-0.39, 0.29) is 6.10 Å². The van der Waals surface area contributed by atoms with Crippen LogP contribution < -0.4 is 4.74 Å². The van der Waals surface area contributed by atoms with Gasteiger partial charge in [-0.1, -0.05) is 15.9 Å². The van der Waals surface area contributed by atoms with Gasteiger partial charge in [0.25, 0.3) is 0 Å². The molecule has 0 saturated carbocycles. The van der Waals surface area contributed by atoms with Gasteiger partial charge in [0.2, 0.25) is 0 Å². The molecule has 1 heterocycles. The number of halogens is 1. The van der Waals surface area contributed by atoms with E-state index in [0.29, 0.717) is 12.5 Å². The molecule has 1 N–H and O–H groups in total. The number of hydrogen-bond acceptors (Lipinski definition) is 2. The summed E-state index contributed by atoms with van der Waals surface area (Å²) < 4.78 is 6.60. The molecule has 0 aliphatic carbocycles. The molecule has 0 fully saturated rings. The zero-order chi connectivity index (χ0) is 10.1. The van der Waals surface area contributed by atoms with Crippen molar-refractivity contribution < 1.29 is 9.84 Å². The highest BCUT2D eigenvalue weighted by molar-refractivity contribution is 9.10. The minimum atomic E-state index is -0.270. The molecule has 0 bridgehead atoms. The Morgan fingerprint density at radius 3 is 3.14 bits per heavy atom. The Morgan fingerprint density at radius 1 is 1.64 bits per heavy atom. The van der Waals surface area contributed by atoms with Crippen LogP contribution in [0.3, 0.4) is 0 Å². The molecule has 2 unspecified atom stereocenters. The quantitative estimate of drug-likeness (QED) is 0.882. The average molecular weight is 257 g/mol. The molecule has 14 heavy (non-hydrogen) atoms. The van der Waals surface area contributed by atoms with E-state index in [1.54, 1.807) is 0 Å². The zero-order valence-corrected chi connectivity index (χ0v) is 9.62. The third kappa shape index (κ3) is 1.93. The summed E-state index contributed by atoms with van der Waals surface area (Å²) in [5, 5.41) is 9.34. The Morgan fingerprint density at radius 2 is 2.43 bits per heavy atom. The predicted octanol–water partition coefficient (Wildman–Crippen LogP) is 2.70. The molecule has 0 saturated heterocycles.